The molecule has 8 heteroatoms. The van der Waals surface area contributed by atoms with Gasteiger partial charge in [-0.15, -0.1) is 0 Å². The summed E-state index contributed by atoms with van der Waals surface area (Å²) in [7, 11) is 0. The summed E-state index contributed by atoms with van der Waals surface area (Å²) in [6.45, 7) is 5.99. The van der Waals surface area contributed by atoms with E-state index in [-0.39, 0.29) is 17.9 Å². The number of hydrogen-bond donors (Lipinski definition) is 1. The van der Waals surface area contributed by atoms with Crippen LogP contribution in [0.15, 0.2) is 0 Å². The normalized spacial score (nSPS) is 23.0. The Balaban J connectivity index is 1.63. The molecular weight excluding hydrogens is 322 g/mol. The summed E-state index contributed by atoms with van der Waals surface area (Å²) in [6.07, 6.45) is 3.94. The Morgan fingerprint density at radius 2 is 2.24 bits per heavy atom. The molecule has 8 nitrogen and oxygen atoms in total. The van der Waals surface area contributed by atoms with Crippen LogP contribution >= 0.6 is 0 Å². The second-order valence-corrected chi connectivity index (χ2v) is 6.75. The van der Waals surface area contributed by atoms with E-state index in [1.165, 1.54) is 0 Å². The molecule has 2 atom stereocenters. The number of nitrogens with zero attached hydrogens (tertiary/aromatic N) is 4. The van der Waals surface area contributed by atoms with Gasteiger partial charge in [0.05, 0.1) is 13.2 Å². The van der Waals surface area contributed by atoms with Crippen molar-refractivity contribution >= 4 is 11.8 Å². The quantitative estimate of drug-likeness (QED) is 0.858. The number of morpholine rings is 1. The first-order chi connectivity index (χ1) is 12.1. The van der Waals surface area contributed by atoms with Crippen LogP contribution in [0.1, 0.15) is 57.3 Å². The number of hydrogen-bond acceptors (Lipinski definition) is 5. The van der Waals surface area contributed by atoms with E-state index in [2.05, 4.69) is 22.1 Å². The van der Waals surface area contributed by atoms with Crippen LogP contribution in [-0.4, -0.2) is 69.1 Å². The largest absolute Gasteiger partial charge is 0.366 e. The maximum Gasteiger partial charge on any atom is 0.245 e. The van der Waals surface area contributed by atoms with Gasteiger partial charge in [-0.3, -0.25) is 14.7 Å². The fourth-order valence-corrected chi connectivity index (χ4v) is 3.44. The third-order valence-electron chi connectivity index (χ3n) is 4.89. The Bertz CT molecular complexity index is 617. The third-order valence-corrected chi connectivity index (χ3v) is 4.89. The van der Waals surface area contributed by atoms with Gasteiger partial charge in [0, 0.05) is 25.9 Å². The zero-order chi connectivity index (χ0) is 17.8. The van der Waals surface area contributed by atoms with Crippen LogP contribution in [-0.2, 0) is 20.7 Å². The van der Waals surface area contributed by atoms with Crippen LogP contribution in [0, 0.1) is 0 Å². The highest BCUT2D eigenvalue weighted by Gasteiger charge is 2.34. The van der Waals surface area contributed by atoms with Crippen LogP contribution in [0.25, 0.3) is 0 Å². The van der Waals surface area contributed by atoms with Crippen LogP contribution < -0.4 is 0 Å². The number of aromatic nitrogens is 3. The lowest BCUT2D eigenvalue weighted by Gasteiger charge is -2.37. The first-order valence-corrected chi connectivity index (χ1v) is 9.21. The maximum atomic E-state index is 12.9. The highest BCUT2D eigenvalue weighted by atomic mass is 16.5. The lowest BCUT2D eigenvalue weighted by Crippen LogP contribution is -2.53. The molecule has 2 aliphatic heterocycles. The van der Waals surface area contributed by atoms with Crippen LogP contribution in [0.5, 0.6) is 0 Å². The number of piperidine rings is 1. The molecule has 0 spiro atoms. The number of ether oxygens (including phenoxy) is 1. The topological polar surface area (TPSA) is 91.4 Å². The monoisotopic (exact) mass is 349 g/mol. The molecule has 0 radical (unpaired) electrons. The van der Waals surface area contributed by atoms with Crippen LogP contribution in [0.2, 0.25) is 0 Å². The first kappa shape index (κ1) is 17.8. The molecule has 25 heavy (non-hydrogen) atoms. The van der Waals surface area contributed by atoms with E-state index in [9.17, 15) is 9.59 Å². The lowest BCUT2D eigenvalue weighted by molar-refractivity contribution is -0.151. The zero-order valence-electron chi connectivity index (χ0n) is 15.0. The van der Waals surface area contributed by atoms with Crippen molar-refractivity contribution in [1.29, 1.82) is 0 Å². The molecule has 0 saturated carbocycles. The second kappa shape index (κ2) is 7.95. The van der Waals surface area contributed by atoms with Gasteiger partial charge >= 0.3 is 0 Å². The molecule has 3 heterocycles. The minimum Gasteiger partial charge on any atom is -0.366 e. The standard InChI is InChI=1S/C17H27N5O3/c1-3-6-14-18-16(20-19-14)13-11-21(9-10-25-13)17(24)12(2)22-8-5-4-7-15(22)23/h12-13H,3-11H2,1-2H3,(H,18,19,20). The lowest BCUT2D eigenvalue weighted by atomic mass is 10.1. The van der Waals surface area contributed by atoms with Crippen molar-refractivity contribution < 1.29 is 14.3 Å². The third kappa shape index (κ3) is 4.00. The van der Waals surface area contributed by atoms with E-state index in [0.717, 1.165) is 31.5 Å². The average molecular weight is 349 g/mol. The highest BCUT2D eigenvalue weighted by Crippen LogP contribution is 2.22. The number of rotatable bonds is 5. The van der Waals surface area contributed by atoms with Gasteiger partial charge in [-0.1, -0.05) is 6.92 Å². The van der Waals surface area contributed by atoms with Crippen LogP contribution in [0.3, 0.4) is 0 Å². The summed E-state index contributed by atoms with van der Waals surface area (Å²) in [5.41, 5.74) is 0. The summed E-state index contributed by atoms with van der Waals surface area (Å²) >= 11 is 0. The van der Waals surface area contributed by atoms with E-state index >= 15 is 0 Å². The van der Waals surface area contributed by atoms with Crippen molar-refractivity contribution in [2.45, 2.75) is 58.1 Å². The molecule has 0 aromatic carbocycles. The van der Waals surface area contributed by atoms with Gasteiger partial charge in [0.1, 0.15) is 18.0 Å². The summed E-state index contributed by atoms with van der Waals surface area (Å²) in [4.78, 5) is 32.9. The van der Waals surface area contributed by atoms with Gasteiger partial charge < -0.3 is 14.5 Å². The van der Waals surface area contributed by atoms with E-state index in [0.29, 0.717) is 38.5 Å². The van der Waals surface area contributed by atoms with E-state index in [1.807, 2.05) is 6.92 Å². The molecule has 2 amide bonds. The minimum absolute atomic E-state index is 0.0205. The number of amides is 2. The number of likely N-dealkylation sites (tertiary alicyclic amines) is 1. The number of carbonyl (C=O) groups is 2. The van der Waals surface area contributed by atoms with Gasteiger partial charge in [0.25, 0.3) is 0 Å². The van der Waals surface area contributed by atoms with Crippen molar-refractivity contribution in [3.63, 3.8) is 0 Å². The van der Waals surface area contributed by atoms with E-state index < -0.39 is 6.04 Å². The Labute approximate surface area is 147 Å². The fraction of sp³-hybridized carbons (Fsp3) is 0.765. The molecule has 2 fully saturated rings. The molecule has 138 valence electrons. The van der Waals surface area contributed by atoms with Gasteiger partial charge in [-0.05, 0) is 26.2 Å². The van der Waals surface area contributed by atoms with Crippen molar-refractivity contribution in [2.24, 2.45) is 0 Å². The summed E-state index contributed by atoms with van der Waals surface area (Å²) in [6, 6.07) is -0.422. The molecule has 2 unspecified atom stereocenters. The van der Waals surface area contributed by atoms with Gasteiger partial charge in [-0.2, -0.15) is 5.10 Å². The Morgan fingerprint density at radius 1 is 1.40 bits per heavy atom. The molecule has 2 aliphatic rings. The molecule has 1 aromatic rings. The molecule has 2 saturated heterocycles. The number of carbonyl (C=O) groups excluding carboxylic acids is 2. The summed E-state index contributed by atoms with van der Waals surface area (Å²) in [5, 5.41) is 7.17. The van der Waals surface area contributed by atoms with Gasteiger partial charge in [0.15, 0.2) is 5.82 Å². The van der Waals surface area contributed by atoms with Gasteiger partial charge in [0.2, 0.25) is 11.8 Å². The Kier molecular flexibility index (Phi) is 5.67. The molecule has 1 aromatic heterocycles. The summed E-state index contributed by atoms with van der Waals surface area (Å²) in [5.74, 6) is 1.50. The van der Waals surface area contributed by atoms with Crippen molar-refractivity contribution in [3.05, 3.63) is 11.6 Å². The van der Waals surface area contributed by atoms with Crippen LogP contribution in [0.4, 0.5) is 0 Å². The number of H-pyrrole nitrogens is 1. The average Bonchev–Trinajstić information content (AvgIpc) is 3.10. The van der Waals surface area contributed by atoms with Crippen molar-refractivity contribution in [1.82, 2.24) is 25.0 Å². The predicted octanol–water partition coefficient (Wildman–Crippen LogP) is 1.06. The number of aromatic amines is 1. The number of nitrogens with one attached hydrogen (secondary N) is 1. The molecule has 3 rings (SSSR count). The van der Waals surface area contributed by atoms with Gasteiger partial charge in [-0.25, -0.2) is 4.98 Å². The Hall–Kier alpha value is -1.96. The van der Waals surface area contributed by atoms with E-state index in [1.54, 1.807) is 9.80 Å². The molecule has 1 N–H and O–H groups in total. The molecule has 0 bridgehead atoms. The smallest absolute Gasteiger partial charge is 0.245 e. The minimum atomic E-state index is -0.422. The highest BCUT2D eigenvalue weighted by molar-refractivity contribution is 5.87. The predicted molar refractivity (Wildman–Crippen MR) is 90.7 cm³/mol. The van der Waals surface area contributed by atoms with E-state index in [4.69, 9.17) is 4.74 Å². The zero-order valence-corrected chi connectivity index (χ0v) is 15.0. The maximum absolute atomic E-state index is 12.9. The SMILES string of the molecule is CCCc1nc(C2CN(C(=O)C(C)N3CCCCC3=O)CCO2)n[nH]1. The second-order valence-electron chi connectivity index (χ2n) is 6.75. The molecular formula is C17H27N5O3. The Morgan fingerprint density at radius 3 is 3.00 bits per heavy atom. The number of aryl methyl sites for hydroxylation is 1. The van der Waals surface area contributed by atoms with Crippen molar-refractivity contribution in [2.75, 3.05) is 26.2 Å². The summed E-state index contributed by atoms with van der Waals surface area (Å²) < 4.78 is 5.76. The van der Waals surface area contributed by atoms with Crippen molar-refractivity contribution in [3.8, 4) is 0 Å². The fourth-order valence-electron chi connectivity index (χ4n) is 3.44. The molecule has 0 aliphatic carbocycles. The first-order valence-electron chi connectivity index (χ1n) is 9.21.